The molecular weight excluding hydrogens is 488 g/mol. The number of hydrogen-bond donors (Lipinski definition) is 3. The highest BCUT2D eigenvalue weighted by Gasteiger charge is 2.37. The van der Waals surface area contributed by atoms with Gasteiger partial charge in [0.15, 0.2) is 0 Å². The predicted octanol–water partition coefficient (Wildman–Crippen LogP) is 2.10. The first-order chi connectivity index (χ1) is 16.7. The summed E-state index contributed by atoms with van der Waals surface area (Å²) in [6, 6.07) is 1.70. The molecule has 4 amide bonds. The Hall–Kier alpha value is -3.27. The maximum Gasteiger partial charge on any atom is 0.251 e. The van der Waals surface area contributed by atoms with E-state index in [0.717, 1.165) is 0 Å². The van der Waals surface area contributed by atoms with Crippen molar-refractivity contribution in [1.29, 1.82) is 0 Å². The van der Waals surface area contributed by atoms with Crippen LogP contribution in [0.5, 0.6) is 0 Å². The standard InChI is InChI=1S/C25H33ClN4O6/c1-14(32)11-17(13-31)28-22(34)20-7-6-10-30(20)23(35)15(2)27-21(33)16-8-9-19(18(26)12-16)29-24(36)25(3,4)5/h8-9,12-13,15,17,20H,6-7,10-11H2,1-5H3,(H,27,33)(H,28,34)(H,29,36)/t15-,17?,20-/m0/s1. The molecule has 1 aromatic rings. The molecule has 10 nitrogen and oxygen atoms in total. The Kier molecular flexibility index (Phi) is 9.75. The van der Waals surface area contributed by atoms with Gasteiger partial charge in [0.1, 0.15) is 24.2 Å². The Labute approximate surface area is 215 Å². The number of nitrogens with zero attached hydrogens (tertiary/aromatic N) is 1. The molecule has 1 unspecified atom stereocenters. The summed E-state index contributed by atoms with van der Waals surface area (Å²) in [7, 11) is 0. The zero-order valence-electron chi connectivity index (χ0n) is 21.1. The molecule has 0 radical (unpaired) electrons. The molecule has 3 atom stereocenters. The van der Waals surface area contributed by atoms with Crippen LogP contribution in [0.1, 0.15) is 64.2 Å². The third-order valence-corrected chi connectivity index (χ3v) is 6.03. The summed E-state index contributed by atoms with van der Waals surface area (Å²) in [6.45, 7) is 8.44. The summed E-state index contributed by atoms with van der Waals surface area (Å²) in [5.74, 6) is -1.99. The fourth-order valence-electron chi connectivity index (χ4n) is 3.68. The summed E-state index contributed by atoms with van der Waals surface area (Å²) >= 11 is 6.25. The van der Waals surface area contributed by atoms with E-state index in [1.54, 1.807) is 20.8 Å². The molecular formula is C25H33ClN4O6. The number of rotatable bonds is 9. The molecule has 2 rings (SSSR count). The molecule has 196 valence electrons. The lowest BCUT2D eigenvalue weighted by atomic mass is 9.95. The highest BCUT2D eigenvalue weighted by Crippen LogP contribution is 2.26. The molecule has 0 spiro atoms. The number of carbonyl (C=O) groups is 6. The Bertz CT molecular complexity index is 1050. The van der Waals surface area contributed by atoms with Crippen LogP contribution in [0.3, 0.4) is 0 Å². The van der Waals surface area contributed by atoms with E-state index < -0.39 is 41.3 Å². The number of benzene rings is 1. The normalized spacial score (nSPS) is 17.1. The molecule has 11 heteroatoms. The van der Waals surface area contributed by atoms with E-state index in [-0.39, 0.29) is 28.7 Å². The Balaban J connectivity index is 2.03. The first-order valence-electron chi connectivity index (χ1n) is 11.7. The van der Waals surface area contributed by atoms with Gasteiger partial charge in [0, 0.05) is 23.9 Å². The second-order valence-corrected chi connectivity index (χ2v) is 10.3. The summed E-state index contributed by atoms with van der Waals surface area (Å²) in [5.41, 5.74) is -0.0649. The van der Waals surface area contributed by atoms with Gasteiger partial charge in [-0.25, -0.2) is 0 Å². The van der Waals surface area contributed by atoms with Crippen LogP contribution in [0.15, 0.2) is 18.2 Å². The van der Waals surface area contributed by atoms with E-state index in [1.165, 1.54) is 36.9 Å². The molecule has 1 aliphatic rings. The van der Waals surface area contributed by atoms with Gasteiger partial charge in [0.05, 0.1) is 16.8 Å². The molecule has 3 N–H and O–H groups in total. The second kappa shape index (κ2) is 12.1. The van der Waals surface area contributed by atoms with Crippen LogP contribution in [-0.2, 0) is 24.0 Å². The quantitative estimate of drug-likeness (QED) is 0.426. The van der Waals surface area contributed by atoms with Gasteiger partial charge >= 0.3 is 0 Å². The third-order valence-electron chi connectivity index (χ3n) is 5.72. The molecule has 1 fully saturated rings. The van der Waals surface area contributed by atoms with Crippen LogP contribution in [0.25, 0.3) is 0 Å². The summed E-state index contributed by atoms with van der Waals surface area (Å²) < 4.78 is 0. The van der Waals surface area contributed by atoms with Crippen molar-refractivity contribution in [3.63, 3.8) is 0 Å². The molecule has 1 aliphatic heterocycles. The highest BCUT2D eigenvalue weighted by atomic mass is 35.5. The maximum absolute atomic E-state index is 13.0. The van der Waals surface area contributed by atoms with Gasteiger partial charge in [-0.05, 0) is 44.9 Å². The van der Waals surface area contributed by atoms with Crippen molar-refractivity contribution < 1.29 is 28.8 Å². The minimum absolute atomic E-state index is 0.121. The van der Waals surface area contributed by atoms with Gasteiger partial charge < -0.3 is 25.6 Å². The lowest BCUT2D eigenvalue weighted by Crippen LogP contribution is -2.54. The zero-order valence-corrected chi connectivity index (χ0v) is 21.9. The molecule has 0 aromatic heterocycles. The van der Waals surface area contributed by atoms with Crippen molar-refractivity contribution in [2.45, 2.75) is 72.0 Å². The number of amides is 4. The number of ketones is 1. The predicted molar refractivity (Wildman–Crippen MR) is 134 cm³/mol. The molecule has 0 saturated carbocycles. The van der Waals surface area contributed by atoms with E-state index in [4.69, 9.17) is 11.6 Å². The Morgan fingerprint density at radius 2 is 1.83 bits per heavy atom. The van der Waals surface area contributed by atoms with Gasteiger partial charge in [-0.15, -0.1) is 0 Å². The van der Waals surface area contributed by atoms with Crippen LogP contribution in [-0.4, -0.2) is 65.3 Å². The van der Waals surface area contributed by atoms with Crippen LogP contribution in [0.2, 0.25) is 5.02 Å². The molecule has 0 aliphatic carbocycles. The largest absolute Gasteiger partial charge is 0.344 e. The molecule has 1 heterocycles. The number of anilines is 1. The van der Waals surface area contributed by atoms with Gasteiger partial charge in [-0.2, -0.15) is 0 Å². The number of nitrogens with one attached hydrogen (secondary N) is 3. The summed E-state index contributed by atoms with van der Waals surface area (Å²) in [6.07, 6.45) is 1.36. The lowest BCUT2D eigenvalue weighted by molar-refractivity contribution is -0.140. The van der Waals surface area contributed by atoms with Crippen LogP contribution >= 0.6 is 11.6 Å². The van der Waals surface area contributed by atoms with E-state index in [9.17, 15) is 28.8 Å². The van der Waals surface area contributed by atoms with Crippen LogP contribution < -0.4 is 16.0 Å². The maximum atomic E-state index is 13.0. The van der Waals surface area contributed by atoms with Gasteiger partial charge in [-0.1, -0.05) is 32.4 Å². The Morgan fingerprint density at radius 3 is 2.39 bits per heavy atom. The van der Waals surface area contributed by atoms with Crippen molar-refractivity contribution in [1.82, 2.24) is 15.5 Å². The average molecular weight is 521 g/mol. The summed E-state index contributed by atoms with van der Waals surface area (Å²) in [5, 5.41) is 8.01. The van der Waals surface area contributed by atoms with Crippen molar-refractivity contribution in [3.05, 3.63) is 28.8 Å². The van der Waals surface area contributed by atoms with Crippen LogP contribution in [0, 0.1) is 5.41 Å². The summed E-state index contributed by atoms with van der Waals surface area (Å²) in [4.78, 5) is 74.5. The fourth-order valence-corrected chi connectivity index (χ4v) is 3.91. The number of hydrogen-bond acceptors (Lipinski definition) is 6. The number of halogens is 1. The average Bonchev–Trinajstić information content (AvgIpc) is 3.28. The lowest BCUT2D eigenvalue weighted by Gasteiger charge is -2.28. The highest BCUT2D eigenvalue weighted by molar-refractivity contribution is 6.34. The first-order valence-corrected chi connectivity index (χ1v) is 12.1. The van der Waals surface area contributed by atoms with Crippen molar-refractivity contribution in [2.24, 2.45) is 5.41 Å². The zero-order chi connectivity index (χ0) is 27.2. The number of aldehydes is 1. The van der Waals surface area contributed by atoms with Gasteiger partial charge in [0.2, 0.25) is 17.7 Å². The third kappa shape index (κ3) is 7.61. The van der Waals surface area contributed by atoms with E-state index in [2.05, 4.69) is 16.0 Å². The molecule has 36 heavy (non-hydrogen) atoms. The fraction of sp³-hybridized carbons (Fsp3) is 0.520. The number of carbonyl (C=O) groups excluding carboxylic acids is 6. The topological polar surface area (TPSA) is 142 Å². The van der Waals surface area contributed by atoms with Crippen molar-refractivity contribution >= 4 is 53.0 Å². The van der Waals surface area contributed by atoms with Gasteiger partial charge in [0.25, 0.3) is 5.91 Å². The van der Waals surface area contributed by atoms with Crippen LogP contribution in [0.4, 0.5) is 5.69 Å². The van der Waals surface area contributed by atoms with E-state index >= 15 is 0 Å². The Morgan fingerprint density at radius 1 is 1.17 bits per heavy atom. The van der Waals surface area contributed by atoms with E-state index in [0.29, 0.717) is 31.4 Å². The van der Waals surface area contributed by atoms with Gasteiger partial charge in [-0.3, -0.25) is 24.0 Å². The number of Topliss-reactive ketones (excluding diaryl/α,β-unsaturated/α-hetero) is 1. The van der Waals surface area contributed by atoms with Crippen molar-refractivity contribution in [2.75, 3.05) is 11.9 Å². The minimum atomic E-state index is -0.953. The van der Waals surface area contributed by atoms with Crippen molar-refractivity contribution in [3.8, 4) is 0 Å². The molecule has 0 bridgehead atoms. The molecule has 1 aromatic carbocycles. The molecule has 1 saturated heterocycles. The number of likely N-dealkylation sites (tertiary alicyclic amines) is 1. The smallest absolute Gasteiger partial charge is 0.251 e. The minimum Gasteiger partial charge on any atom is -0.344 e. The SMILES string of the molecule is CC(=O)CC(C=O)NC(=O)[C@@H]1CCCN1C(=O)[C@H](C)NC(=O)c1ccc(NC(=O)C(C)(C)C)c(Cl)c1. The first kappa shape index (κ1) is 29.0. The van der Waals surface area contributed by atoms with E-state index in [1.807, 2.05) is 0 Å². The monoisotopic (exact) mass is 520 g/mol. The second-order valence-electron chi connectivity index (χ2n) is 9.94.